The molecule has 3 aromatic carbocycles. The first kappa shape index (κ1) is 21.0. The summed E-state index contributed by atoms with van der Waals surface area (Å²) in [4.78, 5) is 19.7. The van der Waals surface area contributed by atoms with Crippen LogP contribution in [0.4, 0.5) is 5.69 Å². The summed E-state index contributed by atoms with van der Waals surface area (Å²) in [5.41, 5.74) is 4.57. The van der Waals surface area contributed by atoms with E-state index >= 15 is 0 Å². The quantitative estimate of drug-likeness (QED) is 0.634. The van der Waals surface area contributed by atoms with Crippen LogP contribution < -0.4 is 4.90 Å². The zero-order valence-corrected chi connectivity index (χ0v) is 18.1. The van der Waals surface area contributed by atoms with Crippen LogP contribution in [0, 0.1) is 0 Å². The second-order valence-corrected chi connectivity index (χ2v) is 8.03. The van der Waals surface area contributed by atoms with Gasteiger partial charge in [0.25, 0.3) is 5.91 Å². The Bertz CT molecular complexity index is 1160. The fraction of sp³-hybridized carbons (Fsp3) is 0.154. The Hall–Kier alpha value is -3.21. The number of carbonyl (C=O) groups excluding carboxylic acids is 1. The number of hydrogen-bond donors (Lipinski definition) is 1. The lowest BCUT2D eigenvalue weighted by atomic mass is 9.99. The SMILES string of the molecule is C/C(=C\c1ccccc1)[C@H](O)[C@@H]1N=C(c2ccccc2)c2cc(Cl)ccc2N(C)C1=O. The number of benzodiazepines with no additional fused rings is 1. The first-order valence-corrected chi connectivity index (χ1v) is 10.5. The van der Waals surface area contributed by atoms with E-state index in [4.69, 9.17) is 16.6 Å². The van der Waals surface area contributed by atoms with Crippen molar-refractivity contribution in [1.82, 2.24) is 0 Å². The molecule has 0 aromatic heterocycles. The van der Waals surface area contributed by atoms with Gasteiger partial charge >= 0.3 is 0 Å². The van der Waals surface area contributed by atoms with Gasteiger partial charge in [-0.15, -0.1) is 0 Å². The highest BCUT2D eigenvalue weighted by molar-refractivity contribution is 6.32. The third-order valence-electron chi connectivity index (χ3n) is 5.43. The van der Waals surface area contributed by atoms with E-state index in [2.05, 4.69) is 0 Å². The van der Waals surface area contributed by atoms with Gasteiger partial charge in [-0.3, -0.25) is 9.79 Å². The molecule has 0 unspecified atom stereocenters. The smallest absolute Gasteiger partial charge is 0.254 e. The minimum absolute atomic E-state index is 0.275. The van der Waals surface area contributed by atoms with Crippen molar-refractivity contribution >= 4 is 35.0 Å². The average molecular weight is 431 g/mol. The predicted octanol–water partition coefficient (Wildman–Crippen LogP) is 4.99. The van der Waals surface area contributed by atoms with E-state index in [-0.39, 0.29) is 5.91 Å². The van der Waals surface area contributed by atoms with Crippen molar-refractivity contribution in [3.8, 4) is 0 Å². The number of aliphatic hydroxyl groups is 1. The standard InChI is InChI=1S/C26H23ClN2O2/c1-17(15-18-9-5-3-6-10-18)25(30)24-26(31)29(2)22-14-13-20(27)16-21(22)23(28-24)19-11-7-4-8-12-19/h3-16,24-25,30H,1-2H3/b17-15+/t24-,25-/m0/s1. The molecule has 156 valence electrons. The van der Waals surface area contributed by atoms with E-state index in [1.807, 2.05) is 85.8 Å². The van der Waals surface area contributed by atoms with Crippen molar-refractivity contribution in [2.24, 2.45) is 4.99 Å². The zero-order chi connectivity index (χ0) is 22.0. The fourth-order valence-electron chi connectivity index (χ4n) is 3.75. The molecule has 5 heteroatoms. The number of amides is 1. The van der Waals surface area contributed by atoms with Gasteiger partial charge in [0, 0.05) is 23.2 Å². The molecule has 31 heavy (non-hydrogen) atoms. The topological polar surface area (TPSA) is 52.9 Å². The van der Waals surface area contributed by atoms with Crippen LogP contribution in [0.3, 0.4) is 0 Å². The van der Waals surface area contributed by atoms with Gasteiger partial charge in [0.05, 0.1) is 11.4 Å². The van der Waals surface area contributed by atoms with Gasteiger partial charge in [-0.1, -0.05) is 78.3 Å². The minimum Gasteiger partial charge on any atom is -0.386 e. The highest BCUT2D eigenvalue weighted by atomic mass is 35.5. The van der Waals surface area contributed by atoms with E-state index in [0.29, 0.717) is 22.0 Å². The van der Waals surface area contributed by atoms with Crippen molar-refractivity contribution < 1.29 is 9.90 Å². The molecule has 0 saturated carbocycles. The summed E-state index contributed by atoms with van der Waals surface area (Å²) in [5, 5.41) is 11.7. The molecule has 1 N–H and O–H groups in total. The molecule has 0 spiro atoms. The molecule has 3 aromatic rings. The van der Waals surface area contributed by atoms with E-state index in [1.165, 1.54) is 0 Å². The highest BCUT2D eigenvalue weighted by Gasteiger charge is 2.35. The van der Waals surface area contributed by atoms with Gasteiger partial charge < -0.3 is 10.0 Å². The van der Waals surface area contributed by atoms with Gasteiger partial charge in [-0.25, -0.2) is 0 Å². The van der Waals surface area contributed by atoms with E-state index in [9.17, 15) is 9.90 Å². The number of aliphatic imine (C=N–C) groups is 1. The number of rotatable bonds is 4. The molecular weight excluding hydrogens is 408 g/mol. The molecule has 0 radical (unpaired) electrons. The summed E-state index contributed by atoms with van der Waals surface area (Å²) < 4.78 is 0. The second kappa shape index (κ2) is 8.88. The first-order valence-electron chi connectivity index (χ1n) is 10.1. The molecule has 2 atom stereocenters. The maximum atomic E-state index is 13.4. The van der Waals surface area contributed by atoms with Crippen molar-refractivity contribution in [1.29, 1.82) is 0 Å². The molecular formula is C26H23ClN2O2. The Morgan fingerprint density at radius 3 is 2.39 bits per heavy atom. The Labute approximate surface area is 187 Å². The summed E-state index contributed by atoms with van der Waals surface area (Å²) in [7, 11) is 1.70. The van der Waals surface area contributed by atoms with Crippen LogP contribution in [0.2, 0.25) is 5.02 Å². The first-order chi connectivity index (χ1) is 15.0. The number of fused-ring (bicyclic) bond motifs is 1. The van der Waals surface area contributed by atoms with Crippen molar-refractivity contribution in [3.05, 3.63) is 106 Å². The molecule has 0 fully saturated rings. The van der Waals surface area contributed by atoms with E-state index < -0.39 is 12.1 Å². The Morgan fingerprint density at radius 1 is 1.06 bits per heavy atom. The summed E-state index contributed by atoms with van der Waals surface area (Å²) in [6.45, 7) is 1.82. The summed E-state index contributed by atoms with van der Waals surface area (Å²) >= 11 is 6.29. The number of anilines is 1. The molecule has 1 aliphatic rings. The number of aliphatic hydroxyl groups excluding tert-OH is 1. The second-order valence-electron chi connectivity index (χ2n) is 7.59. The lowest BCUT2D eigenvalue weighted by Gasteiger charge is -2.24. The Morgan fingerprint density at radius 2 is 1.71 bits per heavy atom. The molecule has 4 rings (SSSR count). The summed E-state index contributed by atoms with van der Waals surface area (Å²) in [6, 6.07) is 23.8. The molecule has 4 nitrogen and oxygen atoms in total. The van der Waals surface area contributed by atoms with Crippen molar-refractivity contribution in [3.63, 3.8) is 0 Å². The molecule has 1 heterocycles. The van der Waals surface area contributed by atoms with Crippen LogP contribution in [-0.4, -0.2) is 35.9 Å². The van der Waals surface area contributed by atoms with Crippen LogP contribution in [0.1, 0.15) is 23.6 Å². The molecule has 1 amide bonds. The molecule has 0 bridgehead atoms. The molecule has 1 aliphatic heterocycles. The number of hydrogen-bond acceptors (Lipinski definition) is 3. The van der Waals surface area contributed by atoms with E-state index in [1.54, 1.807) is 18.0 Å². The third kappa shape index (κ3) is 4.31. The van der Waals surface area contributed by atoms with E-state index in [0.717, 1.165) is 16.7 Å². The van der Waals surface area contributed by atoms with Crippen molar-refractivity contribution in [2.75, 3.05) is 11.9 Å². The van der Waals surface area contributed by atoms with Crippen LogP contribution in [0.15, 0.2) is 89.4 Å². The number of halogens is 1. The number of benzene rings is 3. The van der Waals surface area contributed by atoms with Crippen LogP contribution in [-0.2, 0) is 4.79 Å². The van der Waals surface area contributed by atoms with Crippen molar-refractivity contribution in [2.45, 2.75) is 19.1 Å². The lowest BCUT2D eigenvalue weighted by molar-refractivity contribution is -0.121. The summed E-state index contributed by atoms with van der Waals surface area (Å²) in [5.74, 6) is -0.275. The normalized spacial score (nSPS) is 17.6. The highest BCUT2D eigenvalue weighted by Crippen LogP contribution is 2.31. The zero-order valence-electron chi connectivity index (χ0n) is 17.4. The number of carbonyl (C=O) groups is 1. The monoisotopic (exact) mass is 430 g/mol. The van der Waals surface area contributed by atoms with Crippen LogP contribution in [0.25, 0.3) is 6.08 Å². The largest absolute Gasteiger partial charge is 0.386 e. The lowest BCUT2D eigenvalue weighted by Crippen LogP contribution is -2.42. The fourth-order valence-corrected chi connectivity index (χ4v) is 3.92. The van der Waals surface area contributed by atoms with Gasteiger partial charge in [0.2, 0.25) is 0 Å². The Kier molecular flexibility index (Phi) is 6.03. The third-order valence-corrected chi connectivity index (χ3v) is 5.67. The summed E-state index contributed by atoms with van der Waals surface area (Å²) in [6.07, 6.45) is 0.809. The maximum Gasteiger partial charge on any atom is 0.254 e. The number of likely N-dealkylation sites (N-methyl/N-ethyl adjacent to an activating group) is 1. The molecule has 0 aliphatic carbocycles. The van der Waals surface area contributed by atoms with Gasteiger partial charge in [0.15, 0.2) is 6.04 Å². The van der Waals surface area contributed by atoms with Gasteiger partial charge in [-0.05, 0) is 36.3 Å². The van der Waals surface area contributed by atoms with Gasteiger partial charge in [0.1, 0.15) is 6.10 Å². The average Bonchev–Trinajstić information content (AvgIpc) is 2.89. The van der Waals surface area contributed by atoms with Crippen LogP contribution >= 0.6 is 11.6 Å². The van der Waals surface area contributed by atoms with Gasteiger partial charge in [-0.2, -0.15) is 0 Å². The number of nitrogens with zero attached hydrogens (tertiary/aromatic N) is 2. The molecule has 0 saturated heterocycles. The maximum absolute atomic E-state index is 13.4. The Balaban J connectivity index is 1.84. The van der Waals surface area contributed by atoms with Crippen LogP contribution in [0.5, 0.6) is 0 Å². The minimum atomic E-state index is -1.07. The predicted molar refractivity (Wildman–Crippen MR) is 127 cm³/mol.